The highest BCUT2D eigenvalue weighted by atomic mass is 16.7. The highest BCUT2D eigenvalue weighted by Crippen LogP contribution is 2.24. The van der Waals surface area contributed by atoms with Crippen molar-refractivity contribution in [2.75, 3.05) is 0 Å². The minimum atomic E-state index is -0.669. The summed E-state index contributed by atoms with van der Waals surface area (Å²) >= 11 is 0. The van der Waals surface area contributed by atoms with Crippen LogP contribution in [0.15, 0.2) is 48.5 Å². The molecule has 146 valence electrons. The Morgan fingerprint density at radius 1 is 0.667 bits per heavy atom. The Kier molecular flexibility index (Phi) is 9.47. The van der Waals surface area contributed by atoms with Gasteiger partial charge in [-0.1, -0.05) is 82.3 Å². The second-order valence-corrected chi connectivity index (χ2v) is 6.94. The fourth-order valence-corrected chi connectivity index (χ4v) is 3.11. The summed E-state index contributed by atoms with van der Waals surface area (Å²) in [5.74, 6) is 1.19. The molecule has 0 N–H and O–H groups in total. The van der Waals surface area contributed by atoms with Crippen molar-refractivity contribution in [1.29, 1.82) is 0 Å². The average Bonchev–Trinajstić information content (AvgIpc) is 2.68. The number of hydrogen-bond acceptors (Lipinski definition) is 3. The van der Waals surface area contributed by atoms with Crippen LogP contribution in [-0.4, -0.2) is 6.16 Å². The summed E-state index contributed by atoms with van der Waals surface area (Å²) in [4.78, 5) is 12.3. The third-order valence-electron chi connectivity index (χ3n) is 4.68. The van der Waals surface area contributed by atoms with E-state index in [1.165, 1.54) is 25.7 Å². The van der Waals surface area contributed by atoms with Gasteiger partial charge >= 0.3 is 6.16 Å². The van der Waals surface area contributed by atoms with Crippen LogP contribution in [0.5, 0.6) is 11.5 Å². The van der Waals surface area contributed by atoms with Gasteiger partial charge in [-0.25, -0.2) is 4.79 Å². The lowest BCUT2D eigenvalue weighted by atomic mass is 10.0. The average molecular weight is 369 g/mol. The van der Waals surface area contributed by atoms with Crippen LogP contribution in [0.25, 0.3) is 0 Å². The summed E-state index contributed by atoms with van der Waals surface area (Å²) in [6, 6.07) is 15.4. The van der Waals surface area contributed by atoms with Crippen molar-refractivity contribution in [3.8, 4) is 11.5 Å². The van der Waals surface area contributed by atoms with E-state index in [1.54, 1.807) is 0 Å². The van der Waals surface area contributed by atoms with E-state index in [2.05, 4.69) is 13.8 Å². The zero-order chi connectivity index (χ0) is 19.3. The van der Waals surface area contributed by atoms with E-state index >= 15 is 0 Å². The van der Waals surface area contributed by atoms with Gasteiger partial charge in [-0.15, -0.1) is 0 Å². The first-order valence-electron chi connectivity index (χ1n) is 10.3. The molecule has 3 nitrogen and oxygen atoms in total. The molecule has 0 amide bonds. The maximum absolute atomic E-state index is 12.3. The zero-order valence-corrected chi connectivity index (χ0v) is 16.7. The quantitative estimate of drug-likeness (QED) is 0.241. The van der Waals surface area contributed by atoms with Gasteiger partial charge in [-0.2, -0.15) is 0 Å². The number of para-hydroxylation sites is 2. The molecule has 0 fully saturated rings. The minimum Gasteiger partial charge on any atom is -0.394 e. The first kappa shape index (κ1) is 21.0. The first-order valence-corrected chi connectivity index (χ1v) is 10.3. The Morgan fingerprint density at radius 3 is 1.70 bits per heavy atom. The zero-order valence-electron chi connectivity index (χ0n) is 16.7. The highest BCUT2D eigenvalue weighted by molar-refractivity contribution is 5.68. The van der Waals surface area contributed by atoms with Gasteiger partial charge in [0.2, 0.25) is 0 Å². The molecule has 0 aliphatic rings. The number of benzene rings is 2. The van der Waals surface area contributed by atoms with Crippen LogP contribution in [0.3, 0.4) is 0 Å². The Balaban J connectivity index is 1.94. The van der Waals surface area contributed by atoms with Crippen LogP contribution < -0.4 is 9.47 Å². The molecule has 0 spiro atoms. The van der Waals surface area contributed by atoms with E-state index in [0.717, 1.165) is 43.2 Å². The molecule has 0 unspecified atom stereocenters. The van der Waals surface area contributed by atoms with Gasteiger partial charge in [-0.05, 0) is 48.9 Å². The molecule has 0 heterocycles. The summed E-state index contributed by atoms with van der Waals surface area (Å²) < 4.78 is 11.0. The van der Waals surface area contributed by atoms with Gasteiger partial charge < -0.3 is 9.47 Å². The molecule has 2 aromatic carbocycles. The number of hydrogen-bond donors (Lipinski definition) is 0. The Bertz CT molecular complexity index is 694. The van der Waals surface area contributed by atoms with E-state index in [1.807, 2.05) is 48.5 Å². The summed E-state index contributed by atoms with van der Waals surface area (Å²) in [6.45, 7) is 4.37. The predicted molar refractivity (Wildman–Crippen MR) is 111 cm³/mol. The lowest BCUT2D eigenvalue weighted by molar-refractivity contribution is 0.151. The van der Waals surface area contributed by atoms with E-state index < -0.39 is 6.16 Å². The molecule has 0 aromatic heterocycles. The fourth-order valence-electron chi connectivity index (χ4n) is 3.11. The minimum absolute atomic E-state index is 0.591. The summed E-state index contributed by atoms with van der Waals surface area (Å²) in [5.41, 5.74) is 2.10. The lowest BCUT2D eigenvalue weighted by Crippen LogP contribution is -2.15. The Labute approximate surface area is 163 Å². The van der Waals surface area contributed by atoms with Gasteiger partial charge in [0.1, 0.15) is 11.5 Å². The van der Waals surface area contributed by atoms with Crippen molar-refractivity contribution in [2.24, 2.45) is 0 Å². The number of unbranched alkanes of at least 4 members (excludes halogenated alkanes) is 5. The number of aryl methyl sites for hydroxylation is 2. The molecule has 0 saturated carbocycles. The normalized spacial score (nSPS) is 10.6. The van der Waals surface area contributed by atoms with Crippen molar-refractivity contribution < 1.29 is 14.3 Å². The van der Waals surface area contributed by atoms with Gasteiger partial charge in [0.25, 0.3) is 0 Å². The number of carbonyl (C=O) groups excluding carboxylic acids is 1. The van der Waals surface area contributed by atoms with Gasteiger partial charge in [0, 0.05) is 0 Å². The van der Waals surface area contributed by atoms with Crippen LogP contribution in [0.2, 0.25) is 0 Å². The highest BCUT2D eigenvalue weighted by Gasteiger charge is 2.13. The van der Waals surface area contributed by atoms with Crippen molar-refractivity contribution in [2.45, 2.75) is 71.6 Å². The van der Waals surface area contributed by atoms with Crippen molar-refractivity contribution >= 4 is 6.16 Å². The topological polar surface area (TPSA) is 35.5 Å². The summed E-state index contributed by atoms with van der Waals surface area (Å²) in [5, 5.41) is 0. The lowest BCUT2D eigenvalue weighted by Gasteiger charge is -2.12. The molecule has 2 rings (SSSR count). The van der Waals surface area contributed by atoms with Gasteiger partial charge in [-0.3, -0.25) is 0 Å². The van der Waals surface area contributed by atoms with Gasteiger partial charge in [0.15, 0.2) is 0 Å². The van der Waals surface area contributed by atoms with E-state index in [0.29, 0.717) is 11.5 Å². The summed E-state index contributed by atoms with van der Waals surface area (Å²) in [7, 11) is 0. The largest absolute Gasteiger partial charge is 0.519 e. The third-order valence-corrected chi connectivity index (χ3v) is 4.68. The second-order valence-electron chi connectivity index (χ2n) is 6.94. The van der Waals surface area contributed by atoms with Gasteiger partial charge in [0.05, 0.1) is 0 Å². The fraction of sp³-hybridized carbons (Fsp3) is 0.458. The molecule has 0 atom stereocenters. The standard InChI is InChI=1S/C24H32O3/c1-3-5-7-8-9-15-21-17-11-13-19-23(21)27-24(25)26-22-18-12-10-16-20(22)14-6-4-2/h10-13,16-19H,3-9,14-15H2,1-2H3. The number of rotatable bonds is 11. The van der Waals surface area contributed by atoms with E-state index in [4.69, 9.17) is 9.47 Å². The molecule has 0 radical (unpaired) electrons. The maximum atomic E-state index is 12.3. The maximum Gasteiger partial charge on any atom is 0.519 e. The van der Waals surface area contributed by atoms with E-state index in [-0.39, 0.29) is 0 Å². The van der Waals surface area contributed by atoms with Crippen LogP contribution >= 0.6 is 0 Å². The Hall–Kier alpha value is -2.29. The van der Waals surface area contributed by atoms with Crippen molar-refractivity contribution in [1.82, 2.24) is 0 Å². The molecule has 3 heteroatoms. The van der Waals surface area contributed by atoms with Crippen LogP contribution in [0, 0.1) is 0 Å². The smallest absolute Gasteiger partial charge is 0.394 e. The first-order chi connectivity index (χ1) is 13.2. The molecule has 0 aliphatic carbocycles. The second kappa shape index (κ2) is 12.2. The van der Waals surface area contributed by atoms with Crippen molar-refractivity contribution in [3.63, 3.8) is 0 Å². The van der Waals surface area contributed by atoms with Crippen LogP contribution in [-0.2, 0) is 12.8 Å². The number of carbonyl (C=O) groups is 1. The summed E-state index contributed by atoms with van der Waals surface area (Å²) in [6.07, 6.45) is 9.41. The molecular weight excluding hydrogens is 336 g/mol. The van der Waals surface area contributed by atoms with Crippen LogP contribution in [0.1, 0.15) is 69.9 Å². The Morgan fingerprint density at radius 2 is 1.15 bits per heavy atom. The SMILES string of the molecule is CCCCCCCc1ccccc1OC(=O)Oc1ccccc1CCCC. The molecule has 2 aromatic rings. The van der Waals surface area contributed by atoms with E-state index in [9.17, 15) is 4.79 Å². The third kappa shape index (κ3) is 7.46. The van der Waals surface area contributed by atoms with Crippen molar-refractivity contribution in [3.05, 3.63) is 59.7 Å². The molecular formula is C24H32O3. The molecule has 0 bridgehead atoms. The van der Waals surface area contributed by atoms with Crippen LogP contribution in [0.4, 0.5) is 4.79 Å². The predicted octanol–water partition coefficient (Wildman–Crippen LogP) is 7.12. The molecule has 27 heavy (non-hydrogen) atoms. The molecule has 0 aliphatic heterocycles. The molecule has 0 saturated heterocycles. The number of ether oxygens (including phenoxy) is 2. The monoisotopic (exact) mass is 368 g/mol.